The summed E-state index contributed by atoms with van der Waals surface area (Å²) in [5, 5.41) is 7.30. The summed E-state index contributed by atoms with van der Waals surface area (Å²) < 4.78 is 25.9. The molecule has 33 heavy (non-hydrogen) atoms. The van der Waals surface area contributed by atoms with Gasteiger partial charge in [0, 0.05) is 12.2 Å². The molecule has 0 bridgehead atoms. The molecule has 1 fully saturated rings. The molecule has 0 saturated carbocycles. The van der Waals surface area contributed by atoms with Crippen molar-refractivity contribution in [2.75, 3.05) is 17.6 Å². The van der Waals surface area contributed by atoms with E-state index in [2.05, 4.69) is 29.8 Å². The van der Waals surface area contributed by atoms with Crippen LogP contribution in [-0.4, -0.2) is 43.3 Å². The van der Waals surface area contributed by atoms with E-state index in [-0.39, 0.29) is 23.1 Å². The van der Waals surface area contributed by atoms with Crippen LogP contribution in [-0.2, 0) is 32.3 Å². The number of thioether (sulfide) groups is 1. The molecule has 2 atom stereocenters. The molecule has 0 radical (unpaired) electrons. The minimum Gasteiger partial charge on any atom is -0.331 e. The number of benzene rings is 2. The van der Waals surface area contributed by atoms with Crippen LogP contribution in [0.3, 0.4) is 0 Å². The van der Waals surface area contributed by atoms with Gasteiger partial charge in [-0.1, -0.05) is 44.5 Å². The summed E-state index contributed by atoms with van der Waals surface area (Å²) in [6.45, 7) is 4.16. The highest BCUT2D eigenvalue weighted by molar-refractivity contribution is 8.00. The topological polar surface area (TPSA) is 104 Å². The number of unbranched alkanes of at least 4 members (excludes halogenated alkanes) is 1. The first-order valence-corrected chi connectivity index (χ1v) is 13.8. The Morgan fingerprint density at radius 3 is 2.33 bits per heavy atom. The lowest BCUT2D eigenvalue weighted by atomic mass is 10.1. The fourth-order valence-electron chi connectivity index (χ4n) is 3.50. The van der Waals surface area contributed by atoms with Crippen molar-refractivity contribution < 1.29 is 18.0 Å². The van der Waals surface area contributed by atoms with E-state index in [1.54, 1.807) is 12.1 Å². The molecule has 2 amide bonds. The van der Waals surface area contributed by atoms with Crippen molar-refractivity contribution in [3.05, 3.63) is 59.7 Å². The quantitative estimate of drug-likeness (QED) is 0.474. The summed E-state index contributed by atoms with van der Waals surface area (Å²) in [5.74, 6) is -0.639. The monoisotopic (exact) mass is 489 g/mol. The van der Waals surface area contributed by atoms with Gasteiger partial charge in [-0.3, -0.25) is 14.9 Å². The van der Waals surface area contributed by atoms with Gasteiger partial charge >= 0.3 is 0 Å². The van der Waals surface area contributed by atoms with E-state index in [9.17, 15) is 18.0 Å². The molecule has 3 rings (SSSR count). The normalized spacial score (nSPS) is 18.5. The first-order chi connectivity index (χ1) is 15.8. The summed E-state index contributed by atoms with van der Waals surface area (Å²) in [4.78, 5) is 25.0. The number of hydrogen-bond acceptors (Lipinski definition) is 6. The van der Waals surface area contributed by atoms with Gasteiger partial charge in [-0.15, -0.1) is 11.8 Å². The maximum absolute atomic E-state index is 13.0. The average Bonchev–Trinajstić information content (AvgIpc) is 2.82. The zero-order valence-corrected chi connectivity index (χ0v) is 20.6. The number of sulfone groups is 1. The van der Waals surface area contributed by atoms with Crippen LogP contribution in [0, 0.1) is 0 Å². The van der Waals surface area contributed by atoms with Gasteiger partial charge in [0.25, 0.3) is 0 Å². The van der Waals surface area contributed by atoms with Crippen LogP contribution in [0.15, 0.2) is 53.4 Å². The minimum absolute atomic E-state index is 0.0104. The number of nitrogens with one attached hydrogen (secondary N) is 3. The van der Waals surface area contributed by atoms with Crippen LogP contribution in [0.2, 0.25) is 0 Å². The van der Waals surface area contributed by atoms with Crippen molar-refractivity contribution in [1.82, 2.24) is 10.6 Å². The standard InChI is InChI=1S/C24H31N3O4S2/c1-3-5-6-18-9-13-20(14-10-18)33(30,31)21-15-25-24(27-23(21)29)32-16-22(28)26-19-11-7-17(4-2)8-12-19/h7-14,21,24-25H,3-6,15-16H2,1-2H3,(H,26,28)(H,27,29). The van der Waals surface area contributed by atoms with Gasteiger partial charge in [0.05, 0.1) is 10.6 Å². The Morgan fingerprint density at radius 1 is 1.06 bits per heavy atom. The van der Waals surface area contributed by atoms with Gasteiger partial charge in [-0.05, 0) is 54.7 Å². The molecular weight excluding hydrogens is 458 g/mol. The third-order valence-corrected chi connectivity index (χ3v) is 8.63. The second-order valence-electron chi connectivity index (χ2n) is 7.99. The van der Waals surface area contributed by atoms with Crippen molar-refractivity contribution in [3.63, 3.8) is 0 Å². The van der Waals surface area contributed by atoms with Gasteiger partial charge in [-0.2, -0.15) is 0 Å². The number of anilines is 1. The number of aryl methyl sites for hydroxylation is 2. The molecule has 9 heteroatoms. The van der Waals surface area contributed by atoms with E-state index >= 15 is 0 Å². The Morgan fingerprint density at radius 2 is 1.73 bits per heavy atom. The maximum Gasteiger partial charge on any atom is 0.241 e. The molecule has 2 aromatic rings. The van der Waals surface area contributed by atoms with Crippen LogP contribution in [0.25, 0.3) is 0 Å². The van der Waals surface area contributed by atoms with E-state index in [4.69, 9.17) is 0 Å². The van der Waals surface area contributed by atoms with Crippen LogP contribution in [0.5, 0.6) is 0 Å². The Hall–Kier alpha value is -2.36. The van der Waals surface area contributed by atoms with Crippen molar-refractivity contribution in [2.24, 2.45) is 0 Å². The second-order valence-corrected chi connectivity index (χ2v) is 11.2. The highest BCUT2D eigenvalue weighted by atomic mass is 32.2. The molecule has 0 aromatic heterocycles. The van der Waals surface area contributed by atoms with Crippen molar-refractivity contribution in [1.29, 1.82) is 0 Å². The number of amides is 2. The zero-order chi connectivity index (χ0) is 23.8. The van der Waals surface area contributed by atoms with Gasteiger partial charge in [0.1, 0.15) is 5.50 Å². The molecule has 1 saturated heterocycles. The Labute approximate surface area is 200 Å². The van der Waals surface area contributed by atoms with E-state index in [1.165, 1.54) is 17.3 Å². The van der Waals surface area contributed by atoms with Gasteiger partial charge in [0.15, 0.2) is 15.1 Å². The average molecular weight is 490 g/mol. The molecule has 0 spiro atoms. The van der Waals surface area contributed by atoms with E-state index in [1.807, 2.05) is 36.4 Å². The Kier molecular flexibility index (Phi) is 8.94. The lowest BCUT2D eigenvalue weighted by molar-refractivity contribution is -0.122. The van der Waals surface area contributed by atoms with E-state index in [0.29, 0.717) is 5.69 Å². The molecule has 1 aliphatic rings. The molecule has 7 nitrogen and oxygen atoms in total. The highest BCUT2D eigenvalue weighted by Gasteiger charge is 2.38. The zero-order valence-electron chi connectivity index (χ0n) is 19.0. The van der Waals surface area contributed by atoms with Crippen LogP contribution in [0.1, 0.15) is 37.8 Å². The van der Waals surface area contributed by atoms with Crippen molar-refractivity contribution in [2.45, 2.75) is 55.2 Å². The molecule has 1 heterocycles. The third kappa shape index (κ3) is 6.82. The van der Waals surface area contributed by atoms with Crippen LogP contribution in [0.4, 0.5) is 5.69 Å². The van der Waals surface area contributed by atoms with Crippen molar-refractivity contribution in [3.8, 4) is 0 Å². The predicted molar refractivity (Wildman–Crippen MR) is 133 cm³/mol. The lowest BCUT2D eigenvalue weighted by Crippen LogP contribution is -2.59. The highest BCUT2D eigenvalue weighted by Crippen LogP contribution is 2.21. The first-order valence-electron chi connectivity index (χ1n) is 11.2. The number of carbonyl (C=O) groups is 2. The molecule has 178 valence electrons. The molecule has 3 N–H and O–H groups in total. The lowest BCUT2D eigenvalue weighted by Gasteiger charge is -2.29. The fraction of sp³-hybridized carbons (Fsp3) is 0.417. The second kappa shape index (κ2) is 11.7. The first kappa shape index (κ1) is 25.3. The molecule has 2 aromatic carbocycles. The van der Waals surface area contributed by atoms with Crippen LogP contribution < -0.4 is 16.0 Å². The maximum atomic E-state index is 13.0. The summed E-state index contributed by atoms with van der Waals surface area (Å²) in [5.41, 5.74) is 2.45. The largest absolute Gasteiger partial charge is 0.331 e. The summed E-state index contributed by atoms with van der Waals surface area (Å²) >= 11 is 1.20. The van der Waals surface area contributed by atoms with Gasteiger partial charge in [0.2, 0.25) is 11.8 Å². The molecular formula is C24H31N3O4S2. The number of carbonyl (C=O) groups excluding carboxylic acids is 2. The third-order valence-electron chi connectivity index (χ3n) is 5.53. The fourth-order valence-corrected chi connectivity index (χ4v) is 5.82. The van der Waals surface area contributed by atoms with Gasteiger partial charge in [-0.25, -0.2) is 8.42 Å². The smallest absolute Gasteiger partial charge is 0.241 e. The number of hydrogen-bond donors (Lipinski definition) is 3. The van der Waals surface area contributed by atoms with Crippen LogP contribution >= 0.6 is 11.8 Å². The Bertz CT molecular complexity index is 1050. The summed E-state index contributed by atoms with van der Waals surface area (Å²) in [7, 11) is -3.81. The SMILES string of the molecule is CCCCc1ccc(S(=O)(=O)C2CNC(SCC(=O)Nc3ccc(CC)cc3)NC2=O)cc1. The van der Waals surface area contributed by atoms with Gasteiger partial charge < -0.3 is 10.6 Å². The summed E-state index contributed by atoms with van der Waals surface area (Å²) in [6, 6.07) is 14.4. The minimum atomic E-state index is -3.81. The van der Waals surface area contributed by atoms with Crippen molar-refractivity contribution >= 4 is 39.1 Å². The van der Waals surface area contributed by atoms with E-state index in [0.717, 1.165) is 31.2 Å². The molecule has 1 aliphatic heterocycles. The predicted octanol–water partition coefficient (Wildman–Crippen LogP) is 3.11. The Balaban J connectivity index is 1.51. The number of rotatable bonds is 10. The molecule has 2 unspecified atom stereocenters. The molecule has 0 aliphatic carbocycles. The summed E-state index contributed by atoms with van der Waals surface area (Å²) in [6.07, 6.45) is 3.95. The van der Waals surface area contributed by atoms with E-state index < -0.39 is 26.5 Å².